The van der Waals surface area contributed by atoms with E-state index in [1.807, 2.05) is 0 Å². The van der Waals surface area contributed by atoms with Crippen molar-refractivity contribution in [3.8, 4) is 0 Å². The Morgan fingerprint density at radius 3 is 1.80 bits per heavy atom. The molecular weight excluding hydrogens is 402 g/mol. The quantitative estimate of drug-likeness (QED) is 0.142. The molecular formula is C17H31N5O8. The number of aliphatic hydroxyl groups excluding tert-OH is 2. The van der Waals surface area contributed by atoms with Gasteiger partial charge in [0.1, 0.15) is 24.2 Å². The van der Waals surface area contributed by atoms with Crippen LogP contribution in [0.4, 0.5) is 0 Å². The monoisotopic (exact) mass is 433 g/mol. The van der Waals surface area contributed by atoms with E-state index in [4.69, 9.17) is 11.5 Å². The van der Waals surface area contributed by atoms with E-state index in [1.165, 1.54) is 6.92 Å². The Labute approximate surface area is 173 Å². The predicted octanol–water partition coefficient (Wildman–Crippen LogP) is -3.85. The molecule has 0 aromatic heterocycles. The van der Waals surface area contributed by atoms with Gasteiger partial charge in [0, 0.05) is 6.42 Å². The molecule has 13 heteroatoms. The number of aliphatic carboxylic acids is 1. The number of aliphatic hydroxyl groups is 2. The van der Waals surface area contributed by atoms with Gasteiger partial charge in [0.2, 0.25) is 23.6 Å². The lowest BCUT2D eigenvalue weighted by Crippen LogP contribution is -2.59. The number of carboxylic acids is 1. The Bertz CT molecular complexity index is 640. The molecule has 30 heavy (non-hydrogen) atoms. The van der Waals surface area contributed by atoms with Crippen LogP contribution in [-0.2, 0) is 24.0 Å². The largest absolute Gasteiger partial charge is 0.480 e. The molecule has 0 radical (unpaired) electrons. The topological polar surface area (TPSA) is 234 Å². The average molecular weight is 433 g/mol. The van der Waals surface area contributed by atoms with Crippen molar-refractivity contribution in [2.45, 2.75) is 63.9 Å². The van der Waals surface area contributed by atoms with Crippen molar-refractivity contribution in [2.75, 3.05) is 6.61 Å². The molecule has 5 atom stereocenters. The van der Waals surface area contributed by atoms with E-state index in [-0.39, 0.29) is 12.8 Å². The molecule has 10 N–H and O–H groups in total. The summed E-state index contributed by atoms with van der Waals surface area (Å²) in [5.74, 6) is -5.28. The molecule has 0 aromatic rings. The molecule has 13 nitrogen and oxygen atoms in total. The van der Waals surface area contributed by atoms with Gasteiger partial charge in [-0.2, -0.15) is 0 Å². The van der Waals surface area contributed by atoms with Crippen LogP contribution in [0.25, 0.3) is 0 Å². The van der Waals surface area contributed by atoms with Crippen LogP contribution in [0.1, 0.15) is 33.6 Å². The van der Waals surface area contributed by atoms with Gasteiger partial charge in [-0.1, -0.05) is 13.8 Å². The number of hydrogen-bond acceptors (Lipinski definition) is 8. The molecule has 0 bridgehead atoms. The van der Waals surface area contributed by atoms with Crippen LogP contribution in [-0.4, -0.2) is 81.8 Å². The second kappa shape index (κ2) is 12.7. The van der Waals surface area contributed by atoms with E-state index >= 15 is 0 Å². The smallest absolute Gasteiger partial charge is 0.326 e. The fourth-order valence-electron chi connectivity index (χ4n) is 2.28. The normalized spacial score (nSPS) is 16.0. The van der Waals surface area contributed by atoms with Gasteiger partial charge in [0.05, 0.1) is 12.7 Å². The Hall–Kier alpha value is -2.77. The summed E-state index contributed by atoms with van der Waals surface area (Å²) in [4.78, 5) is 59.2. The second-order valence-corrected chi connectivity index (χ2v) is 7.14. The summed E-state index contributed by atoms with van der Waals surface area (Å²) in [5, 5.41) is 34.6. The predicted molar refractivity (Wildman–Crippen MR) is 103 cm³/mol. The van der Waals surface area contributed by atoms with E-state index in [0.717, 1.165) is 0 Å². The highest BCUT2D eigenvalue weighted by molar-refractivity contribution is 5.94. The summed E-state index contributed by atoms with van der Waals surface area (Å²) in [6.07, 6.45) is -1.75. The first-order valence-electron chi connectivity index (χ1n) is 9.28. The van der Waals surface area contributed by atoms with Gasteiger partial charge in [-0.3, -0.25) is 19.2 Å². The molecule has 0 aliphatic carbocycles. The van der Waals surface area contributed by atoms with Crippen molar-refractivity contribution < 1.29 is 39.3 Å². The molecule has 0 heterocycles. The van der Waals surface area contributed by atoms with Crippen LogP contribution in [0.2, 0.25) is 0 Å². The fraction of sp³-hybridized carbons (Fsp3) is 0.706. The summed E-state index contributed by atoms with van der Waals surface area (Å²) in [7, 11) is 0. The molecule has 0 fully saturated rings. The first kappa shape index (κ1) is 27.2. The number of rotatable bonds is 13. The van der Waals surface area contributed by atoms with E-state index in [0.29, 0.717) is 0 Å². The van der Waals surface area contributed by atoms with Crippen molar-refractivity contribution in [1.82, 2.24) is 16.0 Å². The summed E-state index contributed by atoms with van der Waals surface area (Å²) in [6, 6.07) is -5.47. The van der Waals surface area contributed by atoms with E-state index in [9.17, 15) is 39.3 Å². The summed E-state index contributed by atoms with van der Waals surface area (Å²) >= 11 is 0. The van der Waals surface area contributed by atoms with Gasteiger partial charge in [-0.15, -0.1) is 0 Å². The lowest BCUT2D eigenvalue weighted by Gasteiger charge is -2.25. The Kier molecular flexibility index (Phi) is 11.5. The third-order valence-corrected chi connectivity index (χ3v) is 4.18. The third-order valence-electron chi connectivity index (χ3n) is 4.18. The lowest BCUT2D eigenvalue weighted by atomic mass is 10.0. The highest BCUT2D eigenvalue weighted by Crippen LogP contribution is 2.05. The minimum atomic E-state index is -1.51. The number of nitrogens with two attached hydrogens (primary N) is 2. The standard InChI is InChI=1S/C17H31N5O8/c1-7(2)13(17(29)30)22-14(26)9(4-5-11(18)25)20-15(27)10(6-23)21-16(28)12(19)8(3)24/h7-10,12-13,23-24H,4-6,19H2,1-3H3,(H2,18,25)(H,20,27)(H,21,28)(H,22,26)(H,29,30). The molecule has 0 aliphatic heterocycles. The summed E-state index contributed by atoms with van der Waals surface area (Å²) in [6.45, 7) is 3.55. The molecule has 4 amide bonds. The maximum atomic E-state index is 12.5. The minimum Gasteiger partial charge on any atom is -0.480 e. The Balaban J connectivity index is 5.34. The van der Waals surface area contributed by atoms with Crippen molar-refractivity contribution >= 4 is 29.6 Å². The van der Waals surface area contributed by atoms with E-state index < -0.39 is 72.4 Å². The number of carbonyl (C=O) groups excluding carboxylic acids is 4. The van der Waals surface area contributed by atoms with E-state index in [1.54, 1.807) is 13.8 Å². The van der Waals surface area contributed by atoms with E-state index in [2.05, 4.69) is 16.0 Å². The number of amides is 4. The SMILES string of the molecule is CC(C)C(NC(=O)C(CCC(N)=O)NC(=O)C(CO)NC(=O)C(N)C(C)O)C(=O)O. The number of carboxylic acid groups (broad SMARTS) is 1. The van der Waals surface area contributed by atoms with Crippen LogP contribution >= 0.6 is 0 Å². The first-order valence-corrected chi connectivity index (χ1v) is 9.28. The number of hydrogen-bond donors (Lipinski definition) is 8. The second-order valence-electron chi connectivity index (χ2n) is 7.14. The van der Waals surface area contributed by atoms with Gasteiger partial charge in [0.25, 0.3) is 0 Å². The molecule has 0 saturated carbocycles. The maximum Gasteiger partial charge on any atom is 0.326 e. The van der Waals surface area contributed by atoms with Crippen molar-refractivity contribution in [3.05, 3.63) is 0 Å². The minimum absolute atomic E-state index is 0.239. The van der Waals surface area contributed by atoms with Crippen LogP contribution in [0.15, 0.2) is 0 Å². The fourth-order valence-corrected chi connectivity index (χ4v) is 2.28. The first-order chi connectivity index (χ1) is 13.8. The molecule has 0 spiro atoms. The molecule has 172 valence electrons. The zero-order valence-corrected chi connectivity index (χ0v) is 17.1. The third kappa shape index (κ3) is 9.15. The Morgan fingerprint density at radius 2 is 1.40 bits per heavy atom. The Morgan fingerprint density at radius 1 is 0.900 bits per heavy atom. The zero-order valence-electron chi connectivity index (χ0n) is 17.1. The molecule has 5 unspecified atom stereocenters. The van der Waals surface area contributed by atoms with Crippen LogP contribution < -0.4 is 27.4 Å². The van der Waals surface area contributed by atoms with Crippen LogP contribution in [0, 0.1) is 5.92 Å². The average Bonchev–Trinajstić information content (AvgIpc) is 2.65. The highest BCUT2D eigenvalue weighted by Gasteiger charge is 2.31. The van der Waals surface area contributed by atoms with Gasteiger partial charge < -0.3 is 42.7 Å². The van der Waals surface area contributed by atoms with Gasteiger partial charge >= 0.3 is 5.97 Å². The molecule has 0 aromatic carbocycles. The number of primary amides is 1. The number of carbonyl (C=O) groups is 5. The zero-order chi connectivity index (χ0) is 23.6. The summed E-state index contributed by atoms with van der Waals surface area (Å²) in [5.41, 5.74) is 10.5. The van der Waals surface area contributed by atoms with Crippen LogP contribution in [0.5, 0.6) is 0 Å². The van der Waals surface area contributed by atoms with Crippen LogP contribution in [0.3, 0.4) is 0 Å². The summed E-state index contributed by atoms with van der Waals surface area (Å²) < 4.78 is 0. The van der Waals surface area contributed by atoms with Gasteiger partial charge in [-0.25, -0.2) is 4.79 Å². The molecule has 0 aliphatic rings. The van der Waals surface area contributed by atoms with Gasteiger partial charge in [0.15, 0.2) is 0 Å². The molecule has 0 rings (SSSR count). The van der Waals surface area contributed by atoms with Crippen molar-refractivity contribution in [3.63, 3.8) is 0 Å². The van der Waals surface area contributed by atoms with Gasteiger partial charge in [-0.05, 0) is 19.3 Å². The highest BCUT2D eigenvalue weighted by atomic mass is 16.4. The number of nitrogens with one attached hydrogen (secondary N) is 3. The van der Waals surface area contributed by atoms with Crippen molar-refractivity contribution in [1.29, 1.82) is 0 Å². The maximum absolute atomic E-state index is 12.5. The lowest BCUT2D eigenvalue weighted by molar-refractivity contribution is -0.143. The van der Waals surface area contributed by atoms with Crippen molar-refractivity contribution in [2.24, 2.45) is 17.4 Å². The molecule has 0 saturated heterocycles.